The van der Waals surface area contributed by atoms with Gasteiger partial charge in [0.05, 0.1) is 6.54 Å². The van der Waals surface area contributed by atoms with E-state index in [0.29, 0.717) is 6.54 Å². The number of hydrogen-bond acceptors (Lipinski definition) is 2. The van der Waals surface area contributed by atoms with Gasteiger partial charge in [0.2, 0.25) is 0 Å². The van der Waals surface area contributed by atoms with Crippen LogP contribution in [-0.2, 0) is 17.8 Å². The van der Waals surface area contributed by atoms with Gasteiger partial charge in [-0.1, -0.05) is 60.7 Å². The lowest BCUT2D eigenvalue weighted by Crippen LogP contribution is -2.31. The van der Waals surface area contributed by atoms with E-state index in [0.717, 1.165) is 18.5 Å². The van der Waals surface area contributed by atoms with Crippen LogP contribution < -0.4 is 0 Å². The molecule has 0 radical (unpaired) electrons. The highest BCUT2D eigenvalue weighted by Gasteiger charge is 2.10. The Balaban J connectivity index is 1.95. The Morgan fingerprint density at radius 1 is 0.900 bits per heavy atom. The van der Waals surface area contributed by atoms with E-state index in [4.69, 9.17) is 5.11 Å². The molecule has 20 heavy (non-hydrogen) atoms. The minimum atomic E-state index is -0.783. The Labute approximate surface area is 119 Å². The van der Waals surface area contributed by atoms with Gasteiger partial charge in [-0.25, -0.2) is 0 Å². The minimum Gasteiger partial charge on any atom is -0.480 e. The molecule has 0 aromatic heterocycles. The summed E-state index contributed by atoms with van der Waals surface area (Å²) in [6, 6.07) is 20.1. The number of carboxylic acids is 1. The summed E-state index contributed by atoms with van der Waals surface area (Å²) in [6.07, 6.45) is 0.862. The Kier molecular flexibility index (Phi) is 5.33. The quantitative estimate of drug-likeness (QED) is 0.840. The van der Waals surface area contributed by atoms with Gasteiger partial charge in [-0.05, 0) is 17.5 Å². The summed E-state index contributed by atoms with van der Waals surface area (Å²) in [5.74, 6) is -0.783. The Hall–Kier alpha value is -2.13. The van der Waals surface area contributed by atoms with E-state index in [-0.39, 0.29) is 6.54 Å². The van der Waals surface area contributed by atoms with E-state index in [1.165, 1.54) is 5.56 Å². The molecule has 0 amide bonds. The van der Waals surface area contributed by atoms with Crippen molar-refractivity contribution in [2.45, 2.75) is 13.0 Å². The van der Waals surface area contributed by atoms with E-state index < -0.39 is 5.97 Å². The fourth-order valence-electron chi connectivity index (χ4n) is 2.18. The first-order chi connectivity index (χ1) is 9.74. The van der Waals surface area contributed by atoms with E-state index in [1.807, 2.05) is 53.4 Å². The van der Waals surface area contributed by atoms with E-state index in [1.54, 1.807) is 0 Å². The van der Waals surface area contributed by atoms with Crippen LogP contribution >= 0.6 is 0 Å². The molecule has 0 unspecified atom stereocenters. The largest absolute Gasteiger partial charge is 0.480 e. The molecule has 0 bridgehead atoms. The summed E-state index contributed by atoms with van der Waals surface area (Å²) in [7, 11) is 0. The summed E-state index contributed by atoms with van der Waals surface area (Å²) in [5.41, 5.74) is 2.37. The summed E-state index contributed by atoms with van der Waals surface area (Å²) in [4.78, 5) is 12.9. The maximum Gasteiger partial charge on any atom is 0.317 e. The molecule has 3 nitrogen and oxygen atoms in total. The summed E-state index contributed by atoms with van der Waals surface area (Å²) < 4.78 is 0. The minimum absolute atomic E-state index is 0.0712. The smallest absolute Gasteiger partial charge is 0.317 e. The van der Waals surface area contributed by atoms with Crippen molar-refractivity contribution in [3.05, 3.63) is 71.8 Å². The topological polar surface area (TPSA) is 40.5 Å². The SMILES string of the molecule is O=C(O)CN(CCc1ccccc1)Cc1ccccc1. The number of aliphatic carboxylic acids is 1. The molecule has 104 valence electrons. The molecular formula is C17H19NO2. The standard InChI is InChI=1S/C17H19NO2/c19-17(20)14-18(13-16-9-5-2-6-10-16)12-11-15-7-3-1-4-8-15/h1-10H,11-14H2,(H,19,20). The second kappa shape index (κ2) is 7.46. The van der Waals surface area contributed by atoms with Gasteiger partial charge in [-0.2, -0.15) is 0 Å². The molecule has 0 aliphatic carbocycles. The number of carboxylic acid groups (broad SMARTS) is 1. The first kappa shape index (κ1) is 14.3. The second-order valence-electron chi connectivity index (χ2n) is 4.83. The first-order valence-corrected chi connectivity index (χ1v) is 6.76. The molecule has 0 aliphatic heterocycles. The molecule has 2 aromatic carbocycles. The fraction of sp³-hybridized carbons (Fsp3) is 0.235. The van der Waals surface area contributed by atoms with Crippen LogP contribution in [0.15, 0.2) is 60.7 Å². The van der Waals surface area contributed by atoms with Gasteiger partial charge in [0.15, 0.2) is 0 Å². The van der Waals surface area contributed by atoms with Crippen molar-refractivity contribution in [2.75, 3.05) is 13.1 Å². The number of hydrogen-bond donors (Lipinski definition) is 1. The molecule has 0 atom stereocenters. The number of benzene rings is 2. The molecule has 0 aliphatic rings. The number of carbonyl (C=O) groups is 1. The molecule has 0 fully saturated rings. The van der Waals surface area contributed by atoms with Crippen molar-refractivity contribution in [1.82, 2.24) is 4.90 Å². The fourth-order valence-corrected chi connectivity index (χ4v) is 2.18. The lowest BCUT2D eigenvalue weighted by Gasteiger charge is -2.20. The average molecular weight is 269 g/mol. The van der Waals surface area contributed by atoms with Crippen molar-refractivity contribution < 1.29 is 9.90 Å². The van der Waals surface area contributed by atoms with Crippen molar-refractivity contribution in [1.29, 1.82) is 0 Å². The lowest BCUT2D eigenvalue weighted by atomic mass is 10.1. The maximum atomic E-state index is 11.0. The molecular weight excluding hydrogens is 250 g/mol. The molecule has 0 saturated carbocycles. The van der Waals surface area contributed by atoms with Crippen molar-refractivity contribution >= 4 is 5.97 Å². The third-order valence-corrected chi connectivity index (χ3v) is 3.17. The van der Waals surface area contributed by atoms with Crippen LogP contribution in [0.5, 0.6) is 0 Å². The lowest BCUT2D eigenvalue weighted by molar-refractivity contribution is -0.138. The van der Waals surface area contributed by atoms with Gasteiger partial charge in [0, 0.05) is 13.1 Å². The third kappa shape index (κ3) is 4.86. The predicted molar refractivity (Wildman–Crippen MR) is 79.5 cm³/mol. The number of rotatable bonds is 7. The zero-order chi connectivity index (χ0) is 14.2. The highest BCUT2D eigenvalue weighted by atomic mass is 16.4. The second-order valence-corrected chi connectivity index (χ2v) is 4.83. The summed E-state index contributed by atoms with van der Waals surface area (Å²) in [5, 5.41) is 9.02. The zero-order valence-corrected chi connectivity index (χ0v) is 11.4. The Morgan fingerprint density at radius 3 is 2.00 bits per heavy atom. The average Bonchev–Trinajstić information content (AvgIpc) is 2.46. The monoisotopic (exact) mass is 269 g/mol. The first-order valence-electron chi connectivity index (χ1n) is 6.76. The van der Waals surface area contributed by atoms with Crippen LogP contribution in [0.2, 0.25) is 0 Å². The van der Waals surface area contributed by atoms with Gasteiger partial charge >= 0.3 is 5.97 Å². The van der Waals surface area contributed by atoms with Gasteiger partial charge in [0.25, 0.3) is 0 Å². The van der Waals surface area contributed by atoms with Crippen LogP contribution in [0.4, 0.5) is 0 Å². The molecule has 0 spiro atoms. The zero-order valence-electron chi connectivity index (χ0n) is 11.4. The Morgan fingerprint density at radius 2 is 1.45 bits per heavy atom. The summed E-state index contributed by atoms with van der Waals surface area (Å²) in [6.45, 7) is 1.48. The van der Waals surface area contributed by atoms with E-state index in [2.05, 4.69) is 12.1 Å². The van der Waals surface area contributed by atoms with E-state index in [9.17, 15) is 4.79 Å². The molecule has 0 heterocycles. The van der Waals surface area contributed by atoms with Crippen LogP contribution in [0.1, 0.15) is 11.1 Å². The molecule has 3 heteroatoms. The molecule has 0 saturated heterocycles. The molecule has 1 N–H and O–H groups in total. The van der Waals surface area contributed by atoms with Crippen LogP contribution in [0.3, 0.4) is 0 Å². The number of nitrogens with zero attached hydrogens (tertiary/aromatic N) is 1. The van der Waals surface area contributed by atoms with Gasteiger partial charge < -0.3 is 5.11 Å². The highest BCUT2D eigenvalue weighted by Crippen LogP contribution is 2.07. The van der Waals surface area contributed by atoms with Crippen LogP contribution in [-0.4, -0.2) is 29.1 Å². The molecule has 2 rings (SSSR count). The van der Waals surface area contributed by atoms with Crippen molar-refractivity contribution in [3.8, 4) is 0 Å². The predicted octanol–water partition coefficient (Wildman–Crippen LogP) is 2.82. The third-order valence-electron chi connectivity index (χ3n) is 3.17. The van der Waals surface area contributed by atoms with E-state index >= 15 is 0 Å². The van der Waals surface area contributed by atoms with Crippen molar-refractivity contribution in [2.24, 2.45) is 0 Å². The highest BCUT2D eigenvalue weighted by molar-refractivity contribution is 5.69. The van der Waals surface area contributed by atoms with Crippen LogP contribution in [0, 0.1) is 0 Å². The van der Waals surface area contributed by atoms with Crippen molar-refractivity contribution in [3.63, 3.8) is 0 Å². The normalized spacial score (nSPS) is 10.7. The Bertz CT molecular complexity index is 525. The summed E-state index contributed by atoms with van der Waals surface area (Å²) >= 11 is 0. The van der Waals surface area contributed by atoms with Crippen LogP contribution in [0.25, 0.3) is 0 Å². The van der Waals surface area contributed by atoms with Gasteiger partial charge in [-0.15, -0.1) is 0 Å². The maximum absolute atomic E-state index is 11.0. The molecule has 2 aromatic rings. The van der Waals surface area contributed by atoms with Gasteiger partial charge in [-0.3, -0.25) is 9.69 Å². The van der Waals surface area contributed by atoms with Gasteiger partial charge in [0.1, 0.15) is 0 Å².